The van der Waals surface area contributed by atoms with E-state index in [2.05, 4.69) is 52.2 Å². The van der Waals surface area contributed by atoms with Crippen molar-refractivity contribution in [1.29, 1.82) is 0 Å². The van der Waals surface area contributed by atoms with E-state index in [1.807, 2.05) is 6.07 Å². The number of H-pyrrole nitrogens is 1. The van der Waals surface area contributed by atoms with Crippen LogP contribution >= 0.6 is 0 Å². The topological polar surface area (TPSA) is 129 Å². The Kier molecular flexibility index (Phi) is 8.87. The molecule has 0 spiro atoms. The maximum Gasteiger partial charge on any atom is 0.345 e. The lowest BCUT2D eigenvalue weighted by molar-refractivity contribution is -0.170. The highest BCUT2D eigenvalue weighted by atomic mass is 19.3. The Bertz CT molecular complexity index is 1040. The fraction of sp³-hybridized carbons (Fsp3) is 0.692. The molecule has 3 fully saturated rings. The molecule has 38 heavy (non-hydrogen) atoms. The number of nitrogens with one attached hydrogen (secondary N) is 5. The number of alkyl halides is 2. The zero-order chi connectivity index (χ0) is 26.3. The van der Waals surface area contributed by atoms with Gasteiger partial charge in [-0.25, -0.2) is 9.78 Å². The summed E-state index contributed by atoms with van der Waals surface area (Å²) >= 11 is 0. The van der Waals surface area contributed by atoms with Crippen LogP contribution in [-0.4, -0.2) is 57.0 Å². The predicted octanol–water partition coefficient (Wildman–Crippen LogP) is 5.17. The number of amides is 2. The molecule has 0 unspecified atom stereocenters. The number of carbonyl (C=O) groups excluding carboxylic acids is 1. The first-order chi connectivity index (χ1) is 18.5. The summed E-state index contributed by atoms with van der Waals surface area (Å²) in [6.45, 7) is -2.77. The van der Waals surface area contributed by atoms with Crippen LogP contribution in [-0.2, 0) is 4.74 Å². The molecule has 0 radical (unpaired) electrons. The molecule has 5 rings (SSSR count). The van der Waals surface area contributed by atoms with Gasteiger partial charge in [-0.15, -0.1) is 0 Å². The molecule has 2 amide bonds. The Morgan fingerprint density at radius 1 is 0.947 bits per heavy atom. The first-order valence-electron chi connectivity index (χ1n) is 13.9. The molecular weight excluding hydrogens is 494 g/mol. The van der Waals surface area contributed by atoms with Gasteiger partial charge in [-0.05, 0) is 70.3 Å². The van der Waals surface area contributed by atoms with Crippen molar-refractivity contribution in [3.63, 3.8) is 0 Å². The van der Waals surface area contributed by atoms with Crippen LogP contribution in [0.5, 0.6) is 0 Å². The maximum absolute atomic E-state index is 12.5. The van der Waals surface area contributed by atoms with Crippen LogP contribution in [0.25, 0.3) is 0 Å². The number of urea groups is 1. The number of carbonyl (C=O) groups is 1. The fourth-order valence-corrected chi connectivity index (χ4v) is 6.00. The van der Waals surface area contributed by atoms with Crippen LogP contribution in [0.4, 0.5) is 31.2 Å². The van der Waals surface area contributed by atoms with Crippen LogP contribution in [0.2, 0.25) is 0 Å². The third-order valence-electron chi connectivity index (χ3n) is 7.96. The van der Waals surface area contributed by atoms with Crippen molar-refractivity contribution in [2.24, 2.45) is 0 Å². The molecule has 0 bridgehead atoms. The summed E-state index contributed by atoms with van der Waals surface area (Å²) in [5.41, 5.74) is 1.18. The summed E-state index contributed by atoms with van der Waals surface area (Å²) in [5, 5.41) is 20.2. The quantitative estimate of drug-likeness (QED) is 0.301. The molecule has 2 aromatic heterocycles. The van der Waals surface area contributed by atoms with Crippen LogP contribution in [0.1, 0.15) is 88.7 Å². The number of hydrogen-bond acceptors (Lipinski definition) is 7. The van der Waals surface area contributed by atoms with Gasteiger partial charge < -0.3 is 26.0 Å². The maximum atomic E-state index is 12.5. The van der Waals surface area contributed by atoms with Crippen LogP contribution < -0.4 is 21.3 Å². The first kappa shape index (κ1) is 26.6. The van der Waals surface area contributed by atoms with Gasteiger partial charge in [0, 0.05) is 42.0 Å². The third-order valence-corrected chi connectivity index (χ3v) is 7.96. The monoisotopic (exact) mass is 532 g/mol. The average molecular weight is 533 g/mol. The highest BCUT2D eigenvalue weighted by Gasteiger charge is 2.28. The predicted molar refractivity (Wildman–Crippen MR) is 140 cm³/mol. The van der Waals surface area contributed by atoms with Gasteiger partial charge in [-0.2, -0.15) is 18.9 Å². The first-order valence-corrected chi connectivity index (χ1v) is 13.9. The lowest BCUT2D eigenvalue weighted by Gasteiger charge is -2.32. The Labute approximate surface area is 221 Å². The normalized spacial score (nSPS) is 26.3. The Balaban J connectivity index is 1.04. The largest absolute Gasteiger partial charge is 0.351 e. The zero-order valence-corrected chi connectivity index (χ0v) is 21.6. The Hall–Kier alpha value is -3.02. The molecule has 3 saturated carbocycles. The molecular formula is C26H38F2N8O2. The summed E-state index contributed by atoms with van der Waals surface area (Å²) < 4.78 is 29.6. The molecule has 2 heterocycles. The second-order valence-electron chi connectivity index (χ2n) is 10.8. The molecule has 0 aliphatic heterocycles. The minimum atomic E-state index is -2.77. The van der Waals surface area contributed by atoms with E-state index in [4.69, 9.17) is 0 Å². The molecule has 208 valence electrons. The Morgan fingerprint density at radius 3 is 2.50 bits per heavy atom. The standard InChI is InChI=1S/C26H38F2N8O2/c27-24(28)38-20-7-3-6-19(14-20)32-26(37)31-18-10-8-17(9-11-18)30-25-29-13-12-22(34-25)33-23-15-21(35-36-23)16-4-1-2-5-16/h12-13,15-20,24H,1-11,14H2,(H2,31,32,37)(H3,29,30,33,34,35,36)/t17?,18?,19-,20-/m1/s1. The molecule has 12 heteroatoms. The molecule has 3 aliphatic carbocycles. The second kappa shape index (κ2) is 12.7. The van der Waals surface area contributed by atoms with Gasteiger partial charge in [-0.3, -0.25) is 5.10 Å². The van der Waals surface area contributed by atoms with Crippen LogP contribution in [0, 0.1) is 0 Å². The van der Waals surface area contributed by atoms with E-state index in [-0.39, 0.29) is 24.2 Å². The minimum Gasteiger partial charge on any atom is -0.351 e. The minimum absolute atomic E-state index is 0.0763. The van der Waals surface area contributed by atoms with Gasteiger partial charge in [0.25, 0.3) is 0 Å². The smallest absolute Gasteiger partial charge is 0.345 e. The number of aromatic amines is 1. The van der Waals surface area contributed by atoms with Gasteiger partial charge in [-0.1, -0.05) is 12.8 Å². The van der Waals surface area contributed by atoms with E-state index in [0.717, 1.165) is 44.3 Å². The number of hydrogen-bond donors (Lipinski definition) is 5. The molecule has 2 aromatic rings. The molecule has 5 N–H and O–H groups in total. The zero-order valence-electron chi connectivity index (χ0n) is 21.6. The molecule has 0 saturated heterocycles. The summed E-state index contributed by atoms with van der Waals surface area (Å²) in [7, 11) is 0. The number of anilines is 3. The van der Waals surface area contributed by atoms with Gasteiger partial charge in [0.2, 0.25) is 5.95 Å². The summed E-state index contributed by atoms with van der Waals surface area (Å²) in [5.74, 6) is 2.58. The van der Waals surface area contributed by atoms with Crippen molar-refractivity contribution in [1.82, 2.24) is 30.8 Å². The number of halogens is 2. The van der Waals surface area contributed by atoms with Crippen molar-refractivity contribution in [2.75, 3.05) is 10.6 Å². The molecule has 2 atom stereocenters. The third kappa shape index (κ3) is 7.52. The van der Waals surface area contributed by atoms with E-state index in [1.165, 1.54) is 31.4 Å². The van der Waals surface area contributed by atoms with Crippen molar-refractivity contribution >= 4 is 23.6 Å². The average Bonchev–Trinajstić information content (AvgIpc) is 3.58. The van der Waals surface area contributed by atoms with Crippen molar-refractivity contribution < 1.29 is 18.3 Å². The van der Waals surface area contributed by atoms with Gasteiger partial charge in [0.15, 0.2) is 5.82 Å². The van der Waals surface area contributed by atoms with Crippen LogP contribution in [0.15, 0.2) is 18.3 Å². The van der Waals surface area contributed by atoms with E-state index in [1.54, 1.807) is 6.20 Å². The van der Waals surface area contributed by atoms with Gasteiger partial charge in [0.1, 0.15) is 5.82 Å². The van der Waals surface area contributed by atoms with Crippen molar-refractivity contribution in [3.05, 3.63) is 24.0 Å². The lowest BCUT2D eigenvalue weighted by Crippen LogP contribution is -2.49. The fourth-order valence-electron chi connectivity index (χ4n) is 6.00. The number of ether oxygens (including phenoxy) is 1. The van der Waals surface area contributed by atoms with Crippen molar-refractivity contribution in [2.45, 2.75) is 114 Å². The van der Waals surface area contributed by atoms with E-state index < -0.39 is 12.7 Å². The highest BCUT2D eigenvalue weighted by Crippen LogP contribution is 2.34. The molecule has 10 nitrogen and oxygen atoms in total. The molecule has 3 aliphatic rings. The highest BCUT2D eigenvalue weighted by molar-refractivity contribution is 5.74. The van der Waals surface area contributed by atoms with E-state index in [0.29, 0.717) is 30.5 Å². The van der Waals surface area contributed by atoms with Crippen molar-refractivity contribution in [3.8, 4) is 0 Å². The van der Waals surface area contributed by atoms with Crippen LogP contribution in [0.3, 0.4) is 0 Å². The van der Waals surface area contributed by atoms with Gasteiger partial charge in [0.05, 0.1) is 6.10 Å². The SMILES string of the molecule is O=C(NC1CCC(Nc2nccc(Nc3cc(C4CCCC4)[nH]n3)n2)CC1)N[C@@H]1CCC[C@@H](OC(F)F)C1. The van der Waals surface area contributed by atoms with E-state index >= 15 is 0 Å². The summed E-state index contributed by atoms with van der Waals surface area (Å²) in [6, 6.07) is 3.81. The number of rotatable bonds is 9. The second-order valence-corrected chi connectivity index (χ2v) is 10.8. The Morgan fingerprint density at radius 2 is 1.71 bits per heavy atom. The lowest BCUT2D eigenvalue weighted by atomic mass is 9.91. The van der Waals surface area contributed by atoms with Gasteiger partial charge >= 0.3 is 12.6 Å². The number of aromatic nitrogens is 4. The molecule has 0 aromatic carbocycles. The summed E-state index contributed by atoms with van der Waals surface area (Å²) in [6.07, 6.45) is 12.2. The van der Waals surface area contributed by atoms with E-state index in [9.17, 15) is 13.6 Å². The number of nitrogens with zero attached hydrogens (tertiary/aromatic N) is 3. The summed E-state index contributed by atoms with van der Waals surface area (Å²) in [4.78, 5) is 21.5.